The highest BCUT2D eigenvalue weighted by Crippen LogP contribution is 2.39. The molecule has 120 valence electrons. The van der Waals surface area contributed by atoms with Gasteiger partial charge in [-0.1, -0.05) is 23.2 Å². The molecule has 1 aromatic carbocycles. The van der Waals surface area contributed by atoms with E-state index in [-0.39, 0.29) is 27.1 Å². The lowest BCUT2D eigenvalue weighted by atomic mass is 10.2. The summed E-state index contributed by atoms with van der Waals surface area (Å²) in [5, 5.41) is 14.2. The standard InChI is InChI=1S/C15H13Cl2N3O3/c1-2-23-12-6-11(16)13(17)10(14(12)21)8-19-20-15(22)9-4-3-5-18-7-9/h3-8,21H,2H2,1H3,(H,20,22). The number of aromatic nitrogens is 1. The third kappa shape index (κ3) is 4.12. The Balaban J connectivity index is 2.21. The highest BCUT2D eigenvalue weighted by atomic mass is 35.5. The van der Waals surface area contributed by atoms with Crippen LogP contribution in [0.4, 0.5) is 0 Å². The zero-order chi connectivity index (χ0) is 16.8. The topological polar surface area (TPSA) is 83.8 Å². The van der Waals surface area contributed by atoms with Gasteiger partial charge in [0.25, 0.3) is 5.91 Å². The number of nitrogens with zero attached hydrogens (tertiary/aromatic N) is 2. The molecule has 0 saturated carbocycles. The third-order valence-corrected chi connectivity index (χ3v) is 3.58. The van der Waals surface area contributed by atoms with E-state index in [2.05, 4.69) is 15.5 Å². The summed E-state index contributed by atoms with van der Waals surface area (Å²) in [6.45, 7) is 2.11. The third-order valence-electron chi connectivity index (χ3n) is 2.78. The second kappa shape index (κ2) is 7.80. The van der Waals surface area contributed by atoms with Gasteiger partial charge in [-0.3, -0.25) is 9.78 Å². The maximum Gasteiger partial charge on any atom is 0.272 e. The normalized spacial score (nSPS) is 10.7. The summed E-state index contributed by atoms with van der Waals surface area (Å²) in [4.78, 5) is 15.7. The fraction of sp³-hybridized carbons (Fsp3) is 0.133. The lowest BCUT2D eigenvalue weighted by Crippen LogP contribution is -2.17. The van der Waals surface area contributed by atoms with Gasteiger partial charge in [-0.2, -0.15) is 5.10 Å². The number of rotatable bonds is 5. The summed E-state index contributed by atoms with van der Waals surface area (Å²) in [6, 6.07) is 4.63. The molecule has 0 aliphatic rings. The van der Waals surface area contributed by atoms with Crippen LogP contribution in [0.3, 0.4) is 0 Å². The first kappa shape index (κ1) is 17.1. The van der Waals surface area contributed by atoms with Crippen molar-refractivity contribution in [1.29, 1.82) is 0 Å². The second-order valence-electron chi connectivity index (χ2n) is 4.31. The van der Waals surface area contributed by atoms with Crippen molar-refractivity contribution in [3.8, 4) is 11.5 Å². The molecule has 0 atom stereocenters. The molecule has 2 rings (SSSR count). The molecular formula is C15H13Cl2N3O3. The molecule has 6 nitrogen and oxygen atoms in total. The van der Waals surface area contributed by atoms with Gasteiger partial charge in [-0.15, -0.1) is 0 Å². The van der Waals surface area contributed by atoms with Crippen molar-refractivity contribution in [2.24, 2.45) is 5.10 Å². The number of carbonyl (C=O) groups is 1. The Morgan fingerprint density at radius 2 is 2.30 bits per heavy atom. The molecule has 0 radical (unpaired) electrons. The first-order valence-electron chi connectivity index (χ1n) is 6.61. The van der Waals surface area contributed by atoms with Crippen molar-refractivity contribution >= 4 is 35.3 Å². The van der Waals surface area contributed by atoms with Crippen molar-refractivity contribution in [2.75, 3.05) is 6.61 Å². The first-order chi connectivity index (χ1) is 11.0. The number of halogens is 2. The van der Waals surface area contributed by atoms with E-state index in [9.17, 15) is 9.90 Å². The van der Waals surface area contributed by atoms with Crippen molar-refractivity contribution < 1.29 is 14.6 Å². The van der Waals surface area contributed by atoms with Gasteiger partial charge < -0.3 is 9.84 Å². The van der Waals surface area contributed by atoms with E-state index in [1.54, 1.807) is 25.3 Å². The predicted molar refractivity (Wildman–Crippen MR) is 88.6 cm³/mol. The average molecular weight is 354 g/mol. The minimum Gasteiger partial charge on any atom is -0.504 e. The Kier molecular flexibility index (Phi) is 5.78. The molecule has 23 heavy (non-hydrogen) atoms. The molecule has 0 spiro atoms. The van der Waals surface area contributed by atoms with Crippen LogP contribution in [0.1, 0.15) is 22.8 Å². The number of hydrogen-bond donors (Lipinski definition) is 2. The van der Waals surface area contributed by atoms with Crippen LogP contribution in [-0.4, -0.2) is 28.8 Å². The minimum atomic E-state index is -0.447. The quantitative estimate of drug-likeness (QED) is 0.638. The van der Waals surface area contributed by atoms with Gasteiger partial charge in [0.1, 0.15) is 0 Å². The van der Waals surface area contributed by atoms with Gasteiger partial charge in [-0.25, -0.2) is 5.43 Å². The van der Waals surface area contributed by atoms with E-state index >= 15 is 0 Å². The smallest absolute Gasteiger partial charge is 0.272 e. The lowest BCUT2D eigenvalue weighted by molar-refractivity contribution is 0.0954. The largest absolute Gasteiger partial charge is 0.504 e. The van der Waals surface area contributed by atoms with Crippen molar-refractivity contribution in [2.45, 2.75) is 6.92 Å². The van der Waals surface area contributed by atoms with Crippen LogP contribution in [-0.2, 0) is 0 Å². The summed E-state index contributed by atoms with van der Waals surface area (Å²) >= 11 is 12.0. The monoisotopic (exact) mass is 353 g/mol. The Bertz CT molecular complexity index is 736. The number of nitrogens with one attached hydrogen (secondary N) is 1. The van der Waals surface area contributed by atoms with Crippen LogP contribution in [0.15, 0.2) is 35.7 Å². The molecule has 0 fully saturated rings. The number of benzene rings is 1. The number of phenolic OH excluding ortho intramolecular Hbond substituents is 1. The minimum absolute atomic E-state index is 0.104. The van der Waals surface area contributed by atoms with Crippen molar-refractivity contribution in [3.05, 3.63) is 51.8 Å². The number of ether oxygens (including phenoxy) is 1. The van der Waals surface area contributed by atoms with E-state index < -0.39 is 5.91 Å². The lowest BCUT2D eigenvalue weighted by Gasteiger charge is -2.10. The van der Waals surface area contributed by atoms with E-state index in [4.69, 9.17) is 27.9 Å². The van der Waals surface area contributed by atoms with Gasteiger partial charge in [0.05, 0.1) is 34.0 Å². The number of hydrazone groups is 1. The van der Waals surface area contributed by atoms with Crippen molar-refractivity contribution in [1.82, 2.24) is 10.4 Å². The Labute approximate surface area is 142 Å². The molecule has 1 heterocycles. The number of carbonyl (C=O) groups excluding carboxylic acids is 1. The molecule has 1 aromatic heterocycles. The molecule has 0 aliphatic carbocycles. The second-order valence-corrected chi connectivity index (χ2v) is 5.09. The average Bonchev–Trinajstić information content (AvgIpc) is 2.56. The fourth-order valence-electron chi connectivity index (χ4n) is 1.71. The van der Waals surface area contributed by atoms with Crippen LogP contribution in [0.2, 0.25) is 10.0 Å². The number of aromatic hydroxyl groups is 1. The SMILES string of the molecule is CCOc1cc(Cl)c(Cl)c(C=NNC(=O)c2cccnc2)c1O. The maximum atomic E-state index is 11.8. The van der Waals surface area contributed by atoms with E-state index in [1.165, 1.54) is 18.5 Å². The first-order valence-corrected chi connectivity index (χ1v) is 7.37. The fourth-order valence-corrected chi connectivity index (χ4v) is 2.11. The van der Waals surface area contributed by atoms with Crippen LogP contribution in [0.5, 0.6) is 11.5 Å². The van der Waals surface area contributed by atoms with Gasteiger partial charge in [0.15, 0.2) is 11.5 Å². The highest BCUT2D eigenvalue weighted by Gasteiger charge is 2.15. The molecule has 0 unspecified atom stereocenters. The van der Waals surface area contributed by atoms with Crippen LogP contribution in [0.25, 0.3) is 0 Å². The molecule has 0 saturated heterocycles. The Morgan fingerprint density at radius 3 is 2.96 bits per heavy atom. The highest BCUT2D eigenvalue weighted by molar-refractivity contribution is 6.43. The number of phenols is 1. The molecule has 8 heteroatoms. The van der Waals surface area contributed by atoms with Crippen LogP contribution < -0.4 is 10.2 Å². The molecule has 1 amide bonds. The van der Waals surface area contributed by atoms with E-state index in [1.807, 2.05) is 0 Å². The van der Waals surface area contributed by atoms with Crippen molar-refractivity contribution in [3.63, 3.8) is 0 Å². The molecule has 2 N–H and O–H groups in total. The molecular weight excluding hydrogens is 341 g/mol. The molecule has 0 bridgehead atoms. The number of hydrogen-bond acceptors (Lipinski definition) is 5. The maximum absolute atomic E-state index is 11.8. The summed E-state index contributed by atoms with van der Waals surface area (Å²) in [5.74, 6) is -0.473. The number of pyridine rings is 1. The Hall–Kier alpha value is -2.31. The van der Waals surface area contributed by atoms with E-state index in [0.29, 0.717) is 12.2 Å². The summed E-state index contributed by atoms with van der Waals surface area (Å²) < 4.78 is 5.26. The Morgan fingerprint density at radius 1 is 1.52 bits per heavy atom. The van der Waals surface area contributed by atoms with E-state index in [0.717, 1.165) is 0 Å². The molecule has 0 aliphatic heterocycles. The molecule has 2 aromatic rings. The zero-order valence-electron chi connectivity index (χ0n) is 12.1. The number of amides is 1. The van der Waals surface area contributed by atoms with Gasteiger partial charge in [-0.05, 0) is 19.1 Å². The summed E-state index contributed by atoms with van der Waals surface area (Å²) in [7, 11) is 0. The summed E-state index contributed by atoms with van der Waals surface area (Å²) in [5.41, 5.74) is 2.81. The predicted octanol–water partition coefficient (Wildman–Crippen LogP) is 3.26. The summed E-state index contributed by atoms with van der Waals surface area (Å²) in [6.07, 6.45) is 4.15. The van der Waals surface area contributed by atoms with Gasteiger partial charge in [0, 0.05) is 18.5 Å². The van der Waals surface area contributed by atoms with Crippen LogP contribution in [0, 0.1) is 0 Å². The van der Waals surface area contributed by atoms with Gasteiger partial charge in [0.2, 0.25) is 0 Å². The van der Waals surface area contributed by atoms with Crippen LogP contribution >= 0.6 is 23.2 Å². The zero-order valence-corrected chi connectivity index (χ0v) is 13.6. The van der Waals surface area contributed by atoms with Gasteiger partial charge >= 0.3 is 0 Å².